The van der Waals surface area contributed by atoms with Crippen molar-refractivity contribution >= 4 is 39.2 Å². The van der Waals surface area contributed by atoms with Crippen LogP contribution in [-0.2, 0) is 7.05 Å². The molecule has 1 aliphatic heterocycles. The highest BCUT2D eigenvalue weighted by atomic mass is 32.1. The van der Waals surface area contributed by atoms with Crippen molar-refractivity contribution in [1.29, 1.82) is 0 Å². The van der Waals surface area contributed by atoms with Gasteiger partial charge < -0.3 is 9.80 Å². The fourth-order valence-corrected chi connectivity index (χ4v) is 4.37. The topological polar surface area (TPSA) is 92.1 Å². The van der Waals surface area contributed by atoms with Crippen LogP contribution in [0.25, 0.3) is 22.0 Å². The number of aromatic nitrogens is 5. The third-order valence-electron chi connectivity index (χ3n) is 5.34. The average Bonchev–Trinajstić information content (AvgIpc) is 3.43. The molecule has 4 heterocycles. The minimum atomic E-state index is -0.249. The van der Waals surface area contributed by atoms with Crippen LogP contribution in [0.3, 0.4) is 0 Å². The Labute approximate surface area is 183 Å². The highest BCUT2D eigenvalue weighted by Crippen LogP contribution is 2.25. The van der Waals surface area contributed by atoms with E-state index in [1.807, 2.05) is 37.6 Å². The van der Waals surface area contributed by atoms with Gasteiger partial charge >= 0.3 is 0 Å². The van der Waals surface area contributed by atoms with Crippen molar-refractivity contribution in [3.63, 3.8) is 0 Å². The van der Waals surface area contributed by atoms with E-state index >= 15 is 0 Å². The number of nitrogens with zero attached hydrogens (tertiary/aromatic N) is 7. The van der Waals surface area contributed by atoms with E-state index in [0.717, 1.165) is 53.3 Å². The molecule has 0 spiro atoms. The van der Waals surface area contributed by atoms with Crippen molar-refractivity contribution in [3.8, 4) is 11.1 Å². The molecule has 10 heteroatoms. The van der Waals surface area contributed by atoms with Crippen LogP contribution in [0, 0.1) is 0 Å². The molecule has 1 fully saturated rings. The van der Waals surface area contributed by atoms with E-state index in [1.54, 1.807) is 17.1 Å². The third-order valence-corrected chi connectivity index (χ3v) is 6.39. The number of fused-ring (bicyclic) bond motifs is 1. The maximum absolute atomic E-state index is 12.7. The van der Waals surface area contributed by atoms with Crippen LogP contribution in [-0.4, -0.2) is 68.8 Å². The molecule has 0 aliphatic carbocycles. The van der Waals surface area contributed by atoms with Crippen LogP contribution in [0.2, 0.25) is 0 Å². The van der Waals surface area contributed by atoms with Crippen molar-refractivity contribution < 1.29 is 4.79 Å². The van der Waals surface area contributed by atoms with Gasteiger partial charge in [0.05, 0.1) is 17.9 Å². The fraction of sp³-hybridized carbons (Fsp3) is 0.286. The zero-order valence-electron chi connectivity index (χ0n) is 17.3. The van der Waals surface area contributed by atoms with Crippen LogP contribution in [0.15, 0.2) is 43.0 Å². The Balaban J connectivity index is 1.33. The number of likely N-dealkylation sites (N-methyl/N-ethyl adjacent to an activating group) is 1. The Hall–Kier alpha value is -3.37. The number of aryl methyl sites for hydroxylation is 1. The summed E-state index contributed by atoms with van der Waals surface area (Å²) < 4.78 is 1.76. The number of anilines is 2. The first-order valence-corrected chi connectivity index (χ1v) is 10.8. The summed E-state index contributed by atoms with van der Waals surface area (Å²) in [6.45, 7) is 3.82. The van der Waals surface area contributed by atoms with Crippen LogP contribution >= 0.6 is 11.3 Å². The van der Waals surface area contributed by atoms with Gasteiger partial charge in [0.2, 0.25) is 5.95 Å². The molecule has 9 nitrogen and oxygen atoms in total. The van der Waals surface area contributed by atoms with E-state index in [9.17, 15) is 4.79 Å². The predicted octanol–water partition coefficient (Wildman–Crippen LogP) is 2.49. The van der Waals surface area contributed by atoms with Gasteiger partial charge in [-0.05, 0) is 18.7 Å². The number of carbonyl (C=O) groups excluding carboxylic acids is 1. The van der Waals surface area contributed by atoms with E-state index < -0.39 is 0 Å². The lowest BCUT2D eigenvalue weighted by atomic mass is 10.1. The summed E-state index contributed by atoms with van der Waals surface area (Å²) in [5, 5.41) is 8.80. The van der Waals surface area contributed by atoms with Crippen molar-refractivity contribution in [2.24, 2.45) is 7.05 Å². The first-order chi connectivity index (χ1) is 15.0. The number of carbonyl (C=O) groups is 1. The summed E-state index contributed by atoms with van der Waals surface area (Å²) in [5.74, 6) is 0.0241. The molecule has 0 radical (unpaired) electrons. The van der Waals surface area contributed by atoms with E-state index in [4.69, 9.17) is 0 Å². The Kier molecular flexibility index (Phi) is 5.08. The molecule has 1 aliphatic rings. The molecule has 0 atom stereocenters. The molecular weight excluding hydrogens is 412 g/mol. The van der Waals surface area contributed by atoms with Crippen LogP contribution < -0.4 is 10.2 Å². The Morgan fingerprint density at radius 2 is 1.87 bits per heavy atom. The molecule has 1 amide bonds. The maximum Gasteiger partial charge on any atom is 0.269 e. The Bertz CT molecular complexity index is 1240. The number of benzene rings is 1. The van der Waals surface area contributed by atoms with Crippen LogP contribution in [0.1, 0.15) is 9.67 Å². The van der Waals surface area contributed by atoms with Gasteiger partial charge in [0.1, 0.15) is 4.88 Å². The van der Waals surface area contributed by atoms with E-state index in [-0.39, 0.29) is 11.9 Å². The summed E-state index contributed by atoms with van der Waals surface area (Å²) in [6.07, 6.45) is 7.10. The Morgan fingerprint density at radius 3 is 2.65 bits per heavy atom. The lowest BCUT2D eigenvalue weighted by Gasteiger charge is -2.32. The third kappa shape index (κ3) is 4.12. The average molecular weight is 435 g/mol. The van der Waals surface area contributed by atoms with Gasteiger partial charge in [0.25, 0.3) is 5.91 Å². The fourth-order valence-electron chi connectivity index (χ4n) is 3.51. The lowest BCUT2D eigenvalue weighted by Crippen LogP contribution is -2.44. The van der Waals surface area contributed by atoms with Gasteiger partial charge in [0.15, 0.2) is 5.13 Å². The Morgan fingerprint density at radius 1 is 1.03 bits per heavy atom. The standard InChI is InChI=1S/C21H22N8OS/c1-27-5-7-29(8-6-27)21-23-12-18(31-21)19(30)26-20-22-10-15-4-3-14(9-17(15)25-20)16-11-24-28(2)13-16/h3-4,9-13H,5-8H2,1-2H3,(H,22,25,26,30). The molecule has 4 aromatic rings. The second-order valence-electron chi connectivity index (χ2n) is 7.62. The summed E-state index contributed by atoms with van der Waals surface area (Å²) >= 11 is 1.39. The van der Waals surface area contributed by atoms with Gasteiger partial charge in [-0.2, -0.15) is 5.10 Å². The summed E-state index contributed by atoms with van der Waals surface area (Å²) in [7, 11) is 4.00. The SMILES string of the molecule is CN1CCN(c2ncc(C(=O)Nc3ncc4ccc(-c5cnn(C)c5)cc4n3)s2)CC1. The van der Waals surface area contributed by atoms with E-state index in [0.29, 0.717) is 4.88 Å². The van der Waals surface area contributed by atoms with Gasteiger partial charge in [-0.1, -0.05) is 23.5 Å². The lowest BCUT2D eigenvalue weighted by molar-refractivity contribution is 0.102. The first-order valence-electron chi connectivity index (χ1n) is 10.0. The van der Waals surface area contributed by atoms with Crippen molar-refractivity contribution in [2.75, 3.05) is 43.4 Å². The number of piperazine rings is 1. The number of rotatable bonds is 4. The smallest absolute Gasteiger partial charge is 0.269 e. The quantitative estimate of drug-likeness (QED) is 0.528. The number of amides is 1. The molecule has 5 rings (SSSR count). The van der Waals surface area contributed by atoms with Gasteiger partial charge in [-0.15, -0.1) is 0 Å². The normalized spacial score (nSPS) is 14.8. The number of hydrogen-bond donors (Lipinski definition) is 1. The molecular formula is C21H22N8OS. The number of thiazole rings is 1. The molecule has 1 N–H and O–H groups in total. The zero-order valence-corrected chi connectivity index (χ0v) is 18.1. The molecule has 31 heavy (non-hydrogen) atoms. The largest absolute Gasteiger partial charge is 0.346 e. The molecule has 158 valence electrons. The van der Waals surface area contributed by atoms with Crippen molar-refractivity contribution in [2.45, 2.75) is 0 Å². The molecule has 0 unspecified atom stereocenters. The van der Waals surface area contributed by atoms with Gasteiger partial charge in [-0.25, -0.2) is 15.0 Å². The number of nitrogens with one attached hydrogen (secondary N) is 1. The molecule has 0 saturated carbocycles. The predicted molar refractivity (Wildman–Crippen MR) is 122 cm³/mol. The highest BCUT2D eigenvalue weighted by Gasteiger charge is 2.19. The molecule has 0 bridgehead atoms. The second-order valence-corrected chi connectivity index (χ2v) is 8.63. The van der Waals surface area contributed by atoms with Crippen molar-refractivity contribution in [1.82, 2.24) is 29.6 Å². The summed E-state index contributed by atoms with van der Waals surface area (Å²) in [5.41, 5.74) is 2.78. The maximum atomic E-state index is 12.7. The number of hydrogen-bond acceptors (Lipinski definition) is 8. The van der Waals surface area contributed by atoms with E-state index in [1.165, 1.54) is 11.3 Å². The second kappa shape index (κ2) is 8.05. The summed E-state index contributed by atoms with van der Waals surface area (Å²) in [4.78, 5) is 31.0. The minimum Gasteiger partial charge on any atom is -0.346 e. The summed E-state index contributed by atoms with van der Waals surface area (Å²) in [6, 6.07) is 5.95. The monoisotopic (exact) mass is 434 g/mol. The molecule has 1 aromatic carbocycles. The van der Waals surface area contributed by atoms with Gasteiger partial charge in [-0.3, -0.25) is 14.8 Å². The minimum absolute atomic E-state index is 0.249. The van der Waals surface area contributed by atoms with Gasteiger partial charge in [0, 0.05) is 56.6 Å². The first kappa shape index (κ1) is 19.6. The van der Waals surface area contributed by atoms with Crippen LogP contribution in [0.5, 0.6) is 0 Å². The zero-order chi connectivity index (χ0) is 21.4. The molecule has 1 saturated heterocycles. The van der Waals surface area contributed by atoms with E-state index in [2.05, 4.69) is 42.2 Å². The van der Waals surface area contributed by atoms with Crippen LogP contribution in [0.4, 0.5) is 11.1 Å². The highest BCUT2D eigenvalue weighted by molar-refractivity contribution is 7.17. The molecule has 3 aromatic heterocycles. The van der Waals surface area contributed by atoms with Crippen molar-refractivity contribution in [3.05, 3.63) is 47.9 Å².